The molecule has 0 bridgehead atoms. The Bertz CT molecular complexity index is 1480. The molecule has 2 amide bonds. The number of methoxy groups -OCH3 is 1. The molecule has 2 heterocycles. The zero-order chi connectivity index (χ0) is 26.2. The Morgan fingerprint density at radius 2 is 1.81 bits per heavy atom. The maximum absolute atomic E-state index is 14.0. The summed E-state index contributed by atoms with van der Waals surface area (Å²) in [7, 11) is 1.59. The molecule has 1 aromatic heterocycles. The number of anilines is 1. The van der Waals surface area contributed by atoms with Crippen LogP contribution in [0, 0.1) is 6.92 Å². The van der Waals surface area contributed by atoms with Gasteiger partial charge >= 0.3 is 0 Å². The van der Waals surface area contributed by atoms with E-state index in [2.05, 4.69) is 5.32 Å². The third-order valence-electron chi connectivity index (χ3n) is 6.82. The number of carbonyl (C=O) groups excluding carboxylic acids is 2. The zero-order valence-corrected chi connectivity index (χ0v) is 21.6. The van der Waals surface area contributed by atoms with Gasteiger partial charge in [-0.1, -0.05) is 66.2 Å². The SMILES string of the molecule is COc1ccccc1CNC(=O)[C@]1(C)Cn2nc(-c3ccccc3)cc2C(=O)N1c1cccc(Cl)c1C. The van der Waals surface area contributed by atoms with Crippen molar-refractivity contribution in [2.75, 3.05) is 12.0 Å². The van der Waals surface area contributed by atoms with Gasteiger partial charge in [0.15, 0.2) is 0 Å². The number of rotatable bonds is 6. The third-order valence-corrected chi connectivity index (χ3v) is 7.23. The summed E-state index contributed by atoms with van der Waals surface area (Å²) in [6.45, 7) is 4.02. The standard InChI is InChI=1S/C29H27ClN4O3/c1-19-22(30)13-9-14-24(19)34-27(35)25-16-23(20-10-5-4-6-11-20)32-33(25)18-29(34,2)28(36)31-17-21-12-7-8-15-26(21)37-3/h4-16H,17-18H2,1-3H3,(H,31,36)/t29-/m0/s1. The molecule has 1 aliphatic rings. The van der Waals surface area contributed by atoms with Crippen molar-refractivity contribution >= 4 is 29.1 Å². The van der Waals surface area contributed by atoms with Crippen LogP contribution in [0.1, 0.15) is 28.5 Å². The molecule has 0 saturated carbocycles. The average Bonchev–Trinajstić information content (AvgIpc) is 3.34. The number of hydrogen-bond donors (Lipinski definition) is 1. The van der Waals surface area contributed by atoms with Crippen LogP contribution in [0.15, 0.2) is 78.9 Å². The molecular formula is C29H27ClN4O3. The van der Waals surface area contributed by atoms with Gasteiger partial charge in [0.05, 0.1) is 19.3 Å². The summed E-state index contributed by atoms with van der Waals surface area (Å²) < 4.78 is 7.06. The van der Waals surface area contributed by atoms with Crippen molar-refractivity contribution in [2.24, 2.45) is 0 Å². The van der Waals surface area contributed by atoms with Crippen LogP contribution in [0.4, 0.5) is 5.69 Å². The molecule has 4 aromatic rings. The predicted octanol–water partition coefficient (Wildman–Crippen LogP) is 5.26. The van der Waals surface area contributed by atoms with Gasteiger partial charge in [0.2, 0.25) is 5.91 Å². The molecule has 1 aliphatic heterocycles. The number of aromatic nitrogens is 2. The maximum Gasteiger partial charge on any atom is 0.277 e. The zero-order valence-electron chi connectivity index (χ0n) is 20.9. The lowest BCUT2D eigenvalue weighted by atomic mass is 9.93. The number of nitrogens with zero attached hydrogens (tertiary/aromatic N) is 3. The van der Waals surface area contributed by atoms with Gasteiger partial charge in [0, 0.05) is 28.4 Å². The molecule has 7 nitrogen and oxygen atoms in total. The molecule has 1 N–H and O–H groups in total. The minimum Gasteiger partial charge on any atom is -0.496 e. The van der Waals surface area contributed by atoms with E-state index in [9.17, 15) is 9.59 Å². The molecule has 8 heteroatoms. The Balaban J connectivity index is 1.57. The highest BCUT2D eigenvalue weighted by Gasteiger charge is 2.49. The van der Waals surface area contributed by atoms with Crippen molar-refractivity contribution in [3.05, 3.63) is 101 Å². The number of hydrogen-bond acceptors (Lipinski definition) is 4. The van der Waals surface area contributed by atoms with Crippen molar-refractivity contribution < 1.29 is 14.3 Å². The maximum atomic E-state index is 14.0. The Hall–Kier alpha value is -4.10. The van der Waals surface area contributed by atoms with E-state index in [0.29, 0.717) is 27.8 Å². The summed E-state index contributed by atoms with van der Waals surface area (Å²) in [5.74, 6) is 0.0480. The van der Waals surface area contributed by atoms with Crippen LogP contribution < -0.4 is 15.0 Å². The van der Waals surface area contributed by atoms with E-state index in [1.165, 1.54) is 0 Å². The van der Waals surface area contributed by atoms with Crippen LogP contribution in [0.2, 0.25) is 5.02 Å². The summed E-state index contributed by atoms with van der Waals surface area (Å²) in [5.41, 5.74) is 2.84. The van der Waals surface area contributed by atoms with Crippen molar-refractivity contribution in [3.8, 4) is 17.0 Å². The summed E-state index contributed by atoms with van der Waals surface area (Å²) in [6.07, 6.45) is 0. The lowest BCUT2D eigenvalue weighted by Gasteiger charge is -2.43. The molecule has 37 heavy (non-hydrogen) atoms. The highest BCUT2D eigenvalue weighted by Crippen LogP contribution is 2.37. The molecule has 0 spiro atoms. The molecule has 3 aromatic carbocycles. The predicted molar refractivity (Wildman–Crippen MR) is 144 cm³/mol. The Kier molecular flexibility index (Phi) is 6.48. The fourth-order valence-corrected chi connectivity index (χ4v) is 4.93. The van der Waals surface area contributed by atoms with Crippen LogP contribution in [0.3, 0.4) is 0 Å². The molecule has 188 valence electrons. The molecule has 5 rings (SSSR count). The number of para-hydroxylation sites is 1. The second-order valence-electron chi connectivity index (χ2n) is 9.23. The van der Waals surface area contributed by atoms with Gasteiger partial charge in [0.25, 0.3) is 5.91 Å². The summed E-state index contributed by atoms with van der Waals surface area (Å²) in [6, 6.07) is 24.3. The fourth-order valence-electron chi connectivity index (χ4n) is 4.76. The normalized spacial score (nSPS) is 16.9. The quantitative estimate of drug-likeness (QED) is 0.381. The summed E-state index contributed by atoms with van der Waals surface area (Å²) >= 11 is 6.44. The highest BCUT2D eigenvalue weighted by molar-refractivity contribution is 6.32. The van der Waals surface area contributed by atoms with Crippen molar-refractivity contribution in [1.29, 1.82) is 0 Å². The first kappa shape index (κ1) is 24.6. The molecule has 1 atom stereocenters. The van der Waals surface area contributed by atoms with Gasteiger partial charge in [-0.25, -0.2) is 0 Å². The number of nitrogens with one attached hydrogen (secondary N) is 1. The molecule has 0 fully saturated rings. The minimum atomic E-state index is -1.28. The number of amides is 2. The first-order valence-corrected chi connectivity index (χ1v) is 12.3. The second-order valence-corrected chi connectivity index (χ2v) is 9.64. The van der Waals surface area contributed by atoms with E-state index in [1.54, 1.807) is 41.8 Å². The van der Waals surface area contributed by atoms with E-state index in [-0.39, 0.29) is 24.9 Å². The van der Waals surface area contributed by atoms with Crippen molar-refractivity contribution in [1.82, 2.24) is 15.1 Å². The van der Waals surface area contributed by atoms with Gasteiger partial charge in [-0.05, 0) is 43.7 Å². The largest absolute Gasteiger partial charge is 0.496 e. The van der Waals surface area contributed by atoms with Gasteiger partial charge in [-0.15, -0.1) is 0 Å². The first-order chi connectivity index (χ1) is 17.8. The Morgan fingerprint density at radius 3 is 2.57 bits per heavy atom. The van der Waals surface area contributed by atoms with Crippen molar-refractivity contribution in [3.63, 3.8) is 0 Å². The minimum absolute atomic E-state index is 0.171. The average molecular weight is 515 g/mol. The van der Waals surface area contributed by atoms with Crippen LogP contribution in [-0.4, -0.2) is 34.2 Å². The Labute approximate surface area is 220 Å². The van der Waals surface area contributed by atoms with Crippen LogP contribution in [0.5, 0.6) is 5.75 Å². The number of ether oxygens (including phenoxy) is 1. The number of fused-ring (bicyclic) bond motifs is 1. The molecule has 0 aliphatic carbocycles. The monoisotopic (exact) mass is 514 g/mol. The van der Waals surface area contributed by atoms with E-state index in [1.807, 2.05) is 67.6 Å². The van der Waals surface area contributed by atoms with Crippen LogP contribution in [0.25, 0.3) is 11.3 Å². The van der Waals surface area contributed by atoms with E-state index in [4.69, 9.17) is 21.4 Å². The molecule has 0 saturated heterocycles. The highest BCUT2D eigenvalue weighted by atomic mass is 35.5. The lowest BCUT2D eigenvalue weighted by Crippen LogP contribution is -2.64. The number of benzene rings is 3. The lowest BCUT2D eigenvalue weighted by molar-refractivity contribution is -0.126. The van der Waals surface area contributed by atoms with E-state index < -0.39 is 5.54 Å². The van der Waals surface area contributed by atoms with Crippen molar-refractivity contribution in [2.45, 2.75) is 32.5 Å². The summed E-state index contributed by atoms with van der Waals surface area (Å²) in [5, 5.41) is 8.25. The number of halogens is 1. The van der Waals surface area contributed by atoms with Gasteiger partial charge in [0.1, 0.15) is 17.0 Å². The van der Waals surface area contributed by atoms with E-state index >= 15 is 0 Å². The number of carbonyl (C=O) groups is 2. The molecular weight excluding hydrogens is 488 g/mol. The summed E-state index contributed by atoms with van der Waals surface area (Å²) in [4.78, 5) is 29.5. The fraction of sp³-hybridized carbons (Fsp3) is 0.207. The van der Waals surface area contributed by atoms with Crippen LogP contribution >= 0.6 is 11.6 Å². The Morgan fingerprint density at radius 1 is 1.08 bits per heavy atom. The van der Waals surface area contributed by atoms with E-state index in [0.717, 1.165) is 16.7 Å². The third kappa shape index (κ3) is 4.36. The first-order valence-electron chi connectivity index (χ1n) is 12.0. The van der Waals surface area contributed by atoms with Gasteiger partial charge in [-0.2, -0.15) is 5.10 Å². The smallest absolute Gasteiger partial charge is 0.277 e. The molecule has 0 radical (unpaired) electrons. The topological polar surface area (TPSA) is 76.5 Å². The van der Waals surface area contributed by atoms with Crippen LogP contribution in [-0.2, 0) is 17.9 Å². The second kappa shape index (κ2) is 9.75. The van der Waals surface area contributed by atoms with Gasteiger partial charge < -0.3 is 10.1 Å². The van der Waals surface area contributed by atoms with Gasteiger partial charge in [-0.3, -0.25) is 19.2 Å². The molecule has 0 unspecified atom stereocenters.